The van der Waals surface area contributed by atoms with Crippen molar-refractivity contribution in [3.05, 3.63) is 94.1 Å². The Morgan fingerprint density at radius 3 is 2.22 bits per heavy atom. The molecule has 0 spiro atoms. The predicted molar refractivity (Wildman–Crippen MR) is 143 cm³/mol. The highest BCUT2D eigenvalue weighted by atomic mass is 35.5. The first-order valence-electron chi connectivity index (χ1n) is 10.9. The maximum Gasteiger partial charge on any atom is 0.287 e. The van der Waals surface area contributed by atoms with Crippen molar-refractivity contribution in [2.24, 2.45) is 5.10 Å². The number of hydrogen-bond acceptors (Lipinski definition) is 6. The number of carbonyl (C=O) groups excluding carboxylic acids is 2. The van der Waals surface area contributed by atoms with Gasteiger partial charge in [0.05, 0.1) is 31.0 Å². The van der Waals surface area contributed by atoms with Gasteiger partial charge in [-0.2, -0.15) is 5.10 Å². The fraction of sp³-hybridized carbons (Fsp3) is 0.148. The molecule has 3 aromatic carbocycles. The van der Waals surface area contributed by atoms with E-state index in [1.807, 2.05) is 43.3 Å². The second-order valence-corrected chi connectivity index (χ2v) is 8.20. The van der Waals surface area contributed by atoms with Crippen LogP contribution in [0.4, 0.5) is 5.69 Å². The van der Waals surface area contributed by atoms with Crippen LogP contribution >= 0.6 is 11.6 Å². The van der Waals surface area contributed by atoms with Crippen LogP contribution < -0.4 is 25.1 Å². The summed E-state index contributed by atoms with van der Waals surface area (Å²) in [4.78, 5) is 27.8. The van der Waals surface area contributed by atoms with Gasteiger partial charge in [-0.05, 0) is 59.7 Å². The third-order valence-electron chi connectivity index (χ3n) is 5.12. The summed E-state index contributed by atoms with van der Waals surface area (Å²) in [5.74, 6) is -0.0207. The van der Waals surface area contributed by atoms with Gasteiger partial charge in [0.2, 0.25) is 0 Å². The summed E-state index contributed by atoms with van der Waals surface area (Å²) >= 11 is 6.16. The van der Waals surface area contributed by atoms with Gasteiger partial charge in [0.1, 0.15) is 5.70 Å². The number of amides is 2. The summed E-state index contributed by atoms with van der Waals surface area (Å²) < 4.78 is 10.5. The zero-order valence-electron chi connectivity index (χ0n) is 20.4. The van der Waals surface area contributed by atoms with Crippen LogP contribution in [-0.2, 0) is 4.79 Å². The molecule has 9 heteroatoms. The maximum absolute atomic E-state index is 13.0. The van der Waals surface area contributed by atoms with E-state index in [-0.39, 0.29) is 16.3 Å². The Kier molecular flexibility index (Phi) is 9.07. The molecule has 186 valence electrons. The van der Waals surface area contributed by atoms with E-state index >= 15 is 0 Å². The highest BCUT2D eigenvalue weighted by Gasteiger charge is 2.16. The van der Waals surface area contributed by atoms with Crippen molar-refractivity contribution in [3.8, 4) is 11.5 Å². The minimum absolute atomic E-state index is 0.00184. The van der Waals surface area contributed by atoms with Crippen molar-refractivity contribution < 1.29 is 19.1 Å². The maximum atomic E-state index is 13.0. The lowest BCUT2D eigenvalue weighted by Gasteiger charge is -2.13. The van der Waals surface area contributed by atoms with Crippen LogP contribution in [-0.4, -0.2) is 46.3 Å². The molecule has 0 radical (unpaired) electrons. The number of carbonyl (C=O) groups is 2. The van der Waals surface area contributed by atoms with Gasteiger partial charge in [0.15, 0.2) is 11.5 Å². The molecule has 0 unspecified atom stereocenters. The molecule has 2 amide bonds. The summed E-state index contributed by atoms with van der Waals surface area (Å²) in [7, 11) is 6.95. The third-order valence-corrected chi connectivity index (χ3v) is 5.45. The summed E-state index contributed by atoms with van der Waals surface area (Å²) in [6.07, 6.45) is 3.02. The molecule has 0 saturated heterocycles. The lowest BCUT2D eigenvalue weighted by atomic mass is 10.1. The van der Waals surface area contributed by atoms with E-state index in [0.717, 1.165) is 5.69 Å². The quantitative estimate of drug-likeness (QED) is 0.256. The van der Waals surface area contributed by atoms with E-state index in [9.17, 15) is 9.59 Å². The predicted octanol–water partition coefficient (Wildman–Crippen LogP) is 4.34. The first-order chi connectivity index (χ1) is 17.3. The third kappa shape index (κ3) is 6.86. The topological polar surface area (TPSA) is 92.3 Å². The van der Waals surface area contributed by atoms with Crippen molar-refractivity contribution in [2.45, 2.75) is 0 Å². The average Bonchev–Trinajstić information content (AvgIpc) is 2.88. The molecule has 2 N–H and O–H groups in total. The fourth-order valence-corrected chi connectivity index (χ4v) is 3.41. The lowest BCUT2D eigenvalue weighted by molar-refractivity contribution is -0.117. The SMILES string of the molecule is COc1ccc(C=NNC(=O)C(=Cc2ccc(N(C)C)cc2)NC(=O)c2ccccc2Cl)cc1OC. The van der Waals surface area contributed by atoms with Gasteiger partial charge in [0, 0.05) is 19.8 Å². The van der Waals surface area contributed by atoms with Crippen LogP contribution in [0.3, 0.4) is 0 Å². The number of benzene rings is 3. The molecule has 0 saturated carbocycles. The van der Waals surface area contributed by atoms with Gasteiger partial charge < -0.3 is 19.7 Å². The molecular formula is C27H27ClN4O4. The number of hydrazone groups is 1. The van der Waals surface area contributed by atoms with Crippen molar-refractivity contribution in [2.75, 3.05) is 33.2 Å². The summed E-state index contributed by atoms with van der Waals surface area (Å²) in [6, 6.07) is 19.3. The Hall–Kier alpha value is -4.30. The summed E-state index contributed by atoms with van der Waals surface area (Å²) in [6.45, 7) is 0. The second-order valence-electron chi connectivity index (χ2n) is 7.79. The standard InChI is InChI=1S/C27H27ClN4O4/c1-32(2)20-12-9-18(10-13-20)15-23(30-26(33)21-7-5-6-8-22(21)28)27(34)31-29-17-19-11-14-24(35-3)25(16-19)36-4/h5-17H,1-4H3,(H,30,33)(H,31,34). The van der Waals surface area contributed by atoms with Crippen LogP contribution in [0.5, 0.6) is 11.5 Å². The Balaban J connectivity index is 1.84. The molecular weight excluding hydrogens is 480 g/mol. The average molecular weight is 507 g/mol. The second kappa shape index (κ2) is 12.4. The molecule has 3 aromatic rings. The van der Waals surface area contributed by atoms with Crippen LogP contribution in [0.25, 0.3) is 6.08 Å². The first kappa shape index (κ1) is 26.3. The highest BCUT2D eigenvalue weighted by molar-refractivity contribution is 6.34. The van der Waals surface area contributed by atoms with E-state index in [1.54, 1.807) is 55.7 Å². The lowest BCUT2D eigenvalue weighted by Crippen LogP contribution is -2.33. The van der Waals surface area contributed by atoms with Crippen LogP contribution in [0.15, 0.2) is 77.5 Å². The smallest absolute Gasteiger partial charge is 0.287 e. The van der Waals surface area contributed by atoms with Crippen LogP contribution in [0.1, 0.15) is 21.5 Å². The molecule has 0 aliphatic rings. The van der Waals surface area contributed by atoms with Crippen LogP contribution in [0, 0.1) is 0 Å². The zero-order valence-corrected chi connectivity index (χ0v) is 21.2. The number of hydrogen-bond donors (Lipinski definition) is 2. The minimum Gasteiger partial charge on any atom is -0.493 e. The molecule has 0 fully saturated rings. The monoisotopic (exact) mass is 506 g/mol. The van der Waals surface area contributed by atoms with Gasteiger partial charge in [-0.1, -0.05) is 35.9 Å². The number of nitrogens with zero attached hydrogens (tertiary/aromatic N) is 2. The Labute approximate surface area is 215 Å². The fourth-order valence-electron chi connectivity index (χ4n) is 3.19. The summed E-state index contributed by atoms with van der Waals surface area (Å²) in [5, 5.41) is 6.95. The van der Waals surface area contributed by atoms with Crippen molar-refractivity contribution in [1.29, 1.82) is 0 Å². The van der Waals surface area contributed by atoms with Gasteiger partial charge in [0.25, 0.3) is 11.8 Å². The van der Waals surface area contributed by atoms with Crippen molar-refractivity contribution >= 4 is 41.4 Å². The number of halogens is 1. The zero-order chi connectivity index (χ0) is 26.1. The van der Waals surface area contributed by atoms with Gasteiger partial charge in [-0.3, -0.25) is 9.59 Å². The largest absolute Gasteiger partial charge is 0.493 e. The number of anilines is 1. The first-order valence-corrected chi connectivity index (χ1v) is 11.3. The highest BCUT2D eigenvalue weighted by Crippen LogP contribution is 2.26. The van der Waals surface area contributed by atoms with E-state index in [0.29, 0.717) is 22.6 Å². The van der Waals surface area contributed by atoms with E-state index in [4.69, 9.17) is 21.1 Å². The number of rotatable bonds is 9. The van der Waals surface area contributed by atoms with Gasteiger partial charge in [-0.25, -0.2) is 5.43 Å². The van der Waals surface area contributed by atoms with Crippen molar-refractivity contribution in [3.63, 3.8) is 0 Å². The molecule has 0 aliphatic heterocycles. The molecule has 0 aliphatic carbocycles. The Bertz CT molecular complexity index is 1290. The molecule has 36 heavy (non-hydrogen) atoms. The van der Waals surface area contributed by atoms with E-state index in [1.165, 1.54) is 13.3 Å². The van der Waals surface area contributed by atoms with E-state index < -0.39 is 11.8 Å². The Morgan fingerprint density at radius 1 is 0.917 bits per heavy atom. The summed E-state index contributed by atoms with van der Waals surface area (Å²) in [5.41, 5.74) is 5.09. The molecule has 0 bridgehead atoms. The van der Waals surface area contributed by atoms with Crippen LogP contribution in [0.2, 0.25) is 5.02 Å². The molecule has 0 heterocycles. The Morgan fingerprint density at radius 2 is 1.58 bits per heavy atom. The van der Waals surface area contributed by atoms with E-state index in [2.05, 4.69) is 15.8 Å². The van der Waals surface area contributed by atoms with Crippen molar-refractivity contribution in [1.82, 2.24) is 10.7 Å². The number of methoxy groups -OCH3 is 2. The number of nitrogens with one attached hydrogen (secondary N) is 2. The molecule has 0 aromatic heterocycles. The van der Waals surface area contributed by atoms with Gasteiger partial charge in [-0.15, -0.1) is 0 Å². The van der Waals surface area contributed by atoms with Gasteiger partial charge >= 0.3 is 0 Å². The molecule has 8 nitrogen and oxygen atoms in total. The molecule has 0 atom stereocenters. The normalized spacial score (nSPS) is 11.2. The number of ether oxygens (including phenoxy) is 2. The molecule has 3 rings (SSSR count). The minimum atomic E-state index is -0.608.